The number of ether oxygens (including phenoxy) is 1. The molecule has 1 fully saturated rings. The van der Waals surface area contributed by atoms with Gasteiger partial charge in [-0.05, 0) is 50.3 Å². The zero-order chi connectivity index (χ0) is 15.1. The molecule has 0 bridgehead atoms. The smallest absolute Gasteiger partial charge is 0.153 e. The Labute approximate surface area is 120 Å². The minimum absolute atomic E-state index is 0.449. The van der Waals surface area contributed by atoms with E-state index in [4.69, 9.17) is 4.74 Å². The third-order valence-electron chi connectivity index (χ3n) is 4.17. The van der Waals surface area contributed by atoms with Gasteiger partial charge in [-0.25, -0.2) is 8.42 Å². The van der Waals surface area contributed by atoms with Crippen LogP contribution in [0.5, 0.6) is 5.75 Å². The Morgan fingerprint density at radius 2 is 2.00 bits per heavy atom. The van der Waals surface area contributed by atoms with Crippen molar-refractivity contribution in [1.29, 1.82) is 0 Å². The maximum Gasteiger partial charge on any atom is 0.153 e. The van der Waals surface area contributed by atoms with Gasteiger partial charge < -0.3 is 9.84 Å². The summed E-state index contributed by atoms with van der Waals surface area (Å²) in [5, 5.41) is 10.3. The van der Waals surface area contributed by atoms with Crippen LogP contribution in [0.2, 0.25) is 0 Å². The van der Waals surface area contributed by atoms with Crippen molar-refractivity contribution in [2.75, 3.05) is 13.4 Å². The molecule has 20 heavy (non-hydrogen) atoms. The molecule has 1 saturated carbocycles. The van der Waals surface area contributed by atoms with E-state index in [9.17, 15) is 13.5 Å². The highest BCUT2D eigenvalue weighted by atomic mass is 32.2. The lowest BCUT2D eigenvalue weighted by Crippen LogP contribution is -2.40. The summed E-state index contributed by atoms with van der Waals surface area (Å²) in [5.74, 6) is 0.570. The fourth-order valence-electron chi connectivity index (χ4n) is 3.46. The Hall–Kier alpha value is -1.07. The molecule has 2 unspecified atom stereocenters. The van der Waals surface area contributed by atoms with Gasteiger partial charge in [-0.2, -0.15) is 0 Å². The summed E-state index contributed by atoms with van der Waals surface area (Å²) in [6, 6.07) is 3.80. The lowest BCUT2D eigenvalue weighted by Gasteiger charge is -2.32. The fourth-order valence-corrected chi connectivity index (χ4v) is 4.99. The molecule has 0 heterocycles. The Balaban J connectivity index is 2.66. The Morgan fingerprint density at radius 1 is 1.35 bits per heavy atom. The highest BCUT2D eigenvalue weighted by molar-refractivity contribution is 7.91. The van der Waals surface area contributed by atoms with Gasteiger partial charge in [-0.15, -0.1) is 0 Å². The first-order valence-corrected chi connectivity index (χ1v) is 8.72. The van der Waals surface area contributed by atoms with Gasteiger partial charge in [0, 0.05) is 11.8 Å². The minimum Gasteiger partial charge on any atom is -0.496 e. The highest BCUT2D eigenvalue weighted by Crippen LogP contribution is 2.47. The van der Waals surface area contributed by atoms with Crippen molar-refractivity contribution in [1.82, 2.24) is 0 Å². The van der Waals surface area contributed by atoms with E-state index in [-0.39, 0.29) is 0 Å². The van der Waals surface area contributed by atoms with Gasteiger partial charge in [-0.1, -0.05) is 6.07 Å². The second kappa shape index (κ2) is 5.04. The van der Waals surface area contributed by atoms with E-state index in [2.05, 4.69) is 0 Å². The minimum atomic E-state index is -3.32. The summed E-state index contributed by atoms with van der Waals surface area (Å²) in [6.45, 7) is 3.84. The average molecular weight is 298 g/mol. The second-order valence-corrected chi connectivity index (χ2v) is 8.02. The van der Waals surface area contributed by atoms with Crippen LogP contribution in [0.25, 0.3) is 0 Å². The van der Waals surface area contributed by atoms with E-state index in [1.807, 2.05) is 26.0 Å². The molecule has 5 heteroatoms. The van der Waals surface area contributed by atoms with Gasteiger partial charge in [-0.3, -0.25) is 0 Å². The Morgan fingerprint density at radius 3 is 2.55 bits per heavy atom. The molecule has 1 aromatic rings. The van der Waals surface area contributed by atoms with E-state index >= 15 is 0 Å². The predicted octanol–water partition coefficient (Wildman–Crippen LogP) is 2.10. The van der Waals surface area contributed by atoms with E-state index in [0.29, 0.717) is 30.6 Å². The summed E-state index contributed by atoms with van der Waals surface area (Å²) in [7, 11) is -1.77. The van der Waals surface area contributed by atoms with Gasteiger partial charge in [0.25, 0.3) is 0 Å². The summed E-state index contributed by atoms with van der Waals surface area (Å²) in [6.07, 6.45) is 2.84. The molecule has 1 aliphatic carbocycles. The fraction of sp³-hybridized carbons (Fsp3) is 0.600. The number of benzene rings is 1. The topological polar surface area (TPSA) is 63.6 Å². The molecule has 1 aliphatic rings. The van der Waals surface area contributed by atoms with Crippen molar-refractivity contribution in [2.24, 2.45) is 0 Å². The maximum absolute atomic E-state index is 12.0. The number of rotatable bonds is 3. The largest absolute Gasteiger partial charge is 0.496 e. The number of hydrogen-bond donors (Lipinski definition) is 1. The number of aryl methyl sites for hydroxylation is 2. The van der Waals surface area contributed by atoms with Crippen molar-refractivity contribution < 1.29 is 18.3 Å². The average Bonchev–Trinajstić information content (AvgIpc) is 2.70. The zero-order valence-corrected chi connectivity index (χ0v) is 13.3. The molecule has 0 saturated heterocycles. The number of sulfone groups is 1. The van der Waals surface area contributed by atoms with E-state index in [1.54, 1.807) is 7.11 Å². The van der Waals surface area contributed by atoms with Gasteiger partial charge in [0.15, 0.2) is 9.84 Å². The number of aliphatic hydroxyl groups is 1. The van der Waals surface area contributed by atoms with Gasteiger partial charge in [0.2, 0.25) is 0 Å². The van der Waals surface area contributed by atoms with Crippen LogP contribution in [0.4, 0.5) is 0 Å². The van der Waals surface area contributed by atoms with Crippen molar-refractivity contribution in [3.05, 3.63) is 28.8 Å². The van der Waals surface area contributed by atoms with Crippen LogP contribution in [0.1, 0.15) is 36.0 Å². The van der Waals surface area contributed by atoms with Crippen molar-refractivity contribution in [2.45, 2.75) is 44.0 Å². The predicted molar refractivity (Wildman–Crippen MR) is 78.8 cm³/mol. The van der Waals surface area contributed by atoms with Crippen LogP contribution in [-0.4, -0.2) is 32.1 Å². The normalized spacial score (nSPS) is 26.8. The molecular weight excluding hydrogens is 276 g/mol. The molecule has 1 N–H and O–H groups in total. The molecule has 0 radical (unpaired) electrons. The molecule has 2 rings (SSSR count). The summed E-state index contributed by atoms with van der Waals surface area (Å²) < 4.78 is 29.4. The van der Waals surface area contributed by atoms with Crippen LogP contribution < -0.4 is 4.74 Å². The quantitative estimate of drug-likeness (QED) is 0.928. The summed E-state index contributed by atoms with van der Waals surface area (Å²) in [4.78, 5) is 0. The third-order valence-corrected chi connectivity index (χ3v) is 5.83. The summed E-state index contributed by atoms with van der Waals surface area (Å²) in [5.41, 5.74) is 1.18. The second-order valence-electron chi connectivity index (χ2n) is 5.79. The van der Waals surface area contributed by atoms with Crippen LogP contribution in [-0.2, 0) is 15.4 Å². The third kappa shape index (κ3) is 2.44. The lowest BCUT2D eigenvalue weighted by molar-refractivity contribution is 0.0445. The van der Waals surface area contributed by atoms with Gasteiger partial charge >= 0.3 is 0 Å². The van der Waals surface area contributed by atoms with Crippen LogP contribution in [0, 0.1) is 13.8 Å². The van der Waals surface area contributed by atoms with Crippen LogP contribution in [0.3, 0.4) is 0 Å². The maximum atomic E-state index is 12.0. The Bertz CT molecular complexity index is 621. The lowest BCUT2D eigenvalue weighted by atomic mass is 9.86. The Kier molecular flexibility index (Phi) is 3.86. The van der Waals surface area contributed by atoms with Crippen LogP contribution >= 0.6 is 0 Å². The first kappa shape index (κ1) is 15.3. The standard InChI is InChI=1S/C15H22O4S/c1-10-8-11(2)14(12(9-10)19-3)15(16)7-5-6-13(15)20(4,17)18/h8-9,13,16H,5-7H2,1-4H3. The van der Waals surface area contributed by atoms with E-state index < -0.39 is 20.7 Å². The molecule has 4 nitrogen and oxygen atoms in total. The van der Waals surface area contributed by atoms with Gasteiger partial charge in [0.1, 0.15) is 11.4 Å². The molecule has 0 amide bonds. The first-order chi connectivity index (χ1) is 9.20. The SMILES string of the molecule is COc1cc(C)cc(C)c1C1(O)CCCC1S(C)(=O)=O. The monoisotopic (exact) mass is 298 g/mol. The molecule has 0 spiro atoms. The van der Waals surface area contributed by atoms with Crippen molar-refractivity contribution >= 4 is 9.84 Å². The van der Waals surface area contributed by atoms with Crippen molar-refractivity contribution in [3.8, 4) is 5.75 Å². The first-order valence-electron chi connectivity index (χ1n) is 6.77. The molecule has 112 valence electrons. The number of methoxy groups -OCH3 is 1. The van der Waals surface area contributed by atoms with E-state index in [0.717, 1.165) is 11.1 Å². The van der Waals surface area contributed by atoms with Crippen LogP contribution in [0.15, 0.2) is 12.1 Å². The molecule has 0 aliphatic heterocycles. The number of hydrogen-bond acceptors (Lipinski definition) is 4. The van der Waals surface area contributed by atoms with Crippen molar-refractivity contribution in [3.63, 3.8) is 0 Å². The molecule has 2 atom stereocenters. The summed E-state index contributed by atoms with van der Waals surface area (Å²) >= 11 is 0. The van der Waals surface area contributed by atoms with E-state index in [1.165, 1.54) is 6.26 Å². The molecule has 1 aromatic carbocycles. The molecular formula is C15H22O4S. The molecule has 0 aromatic heterocycles. The zero-order valence-electron chi connectivity index (χ0n) is 12.4. The highest BCUT2D eigenvalue weighted by Gasteiger charge is 2.50. The van der Waals surface area contributed by atoms with Gasteiger partial charge in [0.05, 0.1) is 12.4 Å².